The van der Waals surface area contributed by atoms with Crippen LogP contribution < -0.4 is 4.74 Å². The highest BCUT2D eigenvalue weighted by Crippen LogP contribution is 2.38. The highest BCUT2D eigenvalue weighted by Gasteiger charge is 2.36. The van der Waals surface area contributed by atoms with Gasteiger partial charge in [0.1, 0.15) is 11.3 Å². The predicted molar refractivity (Wildman–Crippen MR) is 87.5 cm³/mol. The fourth-order valence-electron chi connectivity index (χ4n) is 2.77. The van der Waals surface area contributed by atoms with Crippen LogP contribution in [0.4, 0.5) is 18.9 Å². The van der Waals surface area contributed by atoms with Crippen LogP contribution in [0.1, 0.15) is 34.2 Å². The summed E-state index contributed by atoms with van der Waals surface area (Å²) >= 11 is 0. The molecule has 1 aromatic heterocycles. The van der Waals surface area contributed by atoms with Crippen LogP contribution in [0.15, 0.2) is 24.3 Å². The number of ketones is 1. The van der Waals surface area contributed by atoms with Gasteiger partial charge < -0.3 is 9.30 Å². The number of aromatic nitrogens is 1. The lowest BCUT2D eigenvalue weighted by Crippen LogP contribution is -2.16. The standard InChI is InChI=1S/C17H17F3N2O4/c1-4-21-10(2)7-13(11(21)3)15(23)9-26-16-6-5-12(22(24)25)8-14(16)17(18,19)20/h5-8H,4,9H2,1-3H3. The van der Waals surface area contributed by atoms with Gasteiger partial charge in [-0.2, -0.15) is 13.2 Å². The molecule has 0 N–H and O–H groups in total. The van der Waals surface area contributed by atoms with Crippen molar-refractivity contribution in [3.05, 3.63) is 56.9 Å². The predicted octanol–water partition coefficient (Wildman–Crippen LogP) is 4.31. The van der Waals surface area contributed by atoms with E-state index in [1.807, 2.05) is 18.4 Å². The Labute approximate surface area is 147 Å². The van der Waals surface area contributed by atoms with Crippen molar-refractivity contribution in [2.75, 3.05) is 6.61 Å². The molecule has 9 heteroatoms. The maximum Gasteiger partial charge on any atom is 0.420 e. The Morgan fingerprint density at radius 2 is 1.92 bits per heavy atom. The maximum atomic E-state index is 13.1. The van der Waals surface area contributed by atoms with Gasteiger partial charge in [-0.25, -0.2) is 0 Å². The number of halogens is 3. The lowest BCUT2D eigenvalue weighted by atomic mass is 10.1. The van der Waals surface area contributed by atoms with Crippen LogP contribution in [0.3, 0.4) is 0 Å². The summed E-state index contributed by atoms with van der Waals surface area (Å²) in [7, 11) is 0. The zero-order chi connectivity index (χ0) is 19.6. The molecule has 0 saturated heterocycles. The highest BCUT2D eigenvalue weighted by molar-refractivity contribution is 5.98. The van der Waals surface area contributed by atoms with Gasteiger partial charge in [-0.1, -0.05) is 0 Å². The number of benzene rings is 1. The van der Waals surface area contributed by atoms with E-state index in [-0.39, 0.29) is 0 Å². The molecule has 0 radical (unpaired) electrons. The monoisotopic (exact) mass is 370 g/mol. The van der Waals surface area contributed by atoms with E-state index in [0.717, 1.165) is 17.8 Å². The molecule has 0 spiro atoms. The number of nitrogens with zero attached hydrogens (tertiary/aromatic N) is 2. The fraction of sp³-hybridized carbons (Fsp3) is 0.353. The number of nitro groups is 1. The minimum atomic E-state index is -4.84. The first kappa shape index (κ1) is 19.5. The molecular weight excluding hydrogens is 353 g/mol. The number of rotatable bonds is 6. The van der Waals surface area contributed by atoms with E-state index in [1.54, 1.807) is 13.0 Å². The largest absolute Gasteiger partial charge is 0.485 e. The molecule has 0 aliphatic heterocycles. The number of non-ortho nitro benzene ring substituents is 1. The number of aryl methyl sites for hydroxylation is 1. The van der Waals surface area contributed by atoms with Crippen LogP contribution >= 0.6 is 0 Å². The lowest BCUT2D eigenvalue weighted by Gasteiger charge is -2.13. The smallest absolute Gasteiger partial charge is 0.420 e. The minimum Gasteiger partial charge on any atom is -0.485 e. The first-order valence-corrected chi connectivity index (χ1v) is 7.74. The average molecular weight is 370 g/mol. The molecule has 26 heavy (non-hydrogen) atoms. The molecule has 0 saturated carbocycles. The molecule has 0 fully saturated rings. The molecule has 1 heterocycles. The third kappa shape index (κ3) is 3.87. The van der Waals surface area contributed by atoms with Crippen LogP contribution in [0.2, 0.25) is 0 Å². The molecule has 0 aliphatic carbocycles. The Morgan fingerprint density at radius 1 is 1.27 bits per heavy atom. The third-order valence-corrected chi connectivity index (χ3v) is 4.03. The molecule has 1 aromatic carbocycles. The first-order valence-electron chi connectivity index (χ1n) is 7.74. The second-order valence-corrected chi connectivity index (χ2v) is 5.68. The molecule has 2 rings (SSSR count). The van der Waals surface area contributed by atoms with Crippen molar-refractivity contribution in [1.82, 2.24) is 4.57 Å². The molecule has 6 nitrogen and oxygen atoms in total. The van der Waals surface area contributed by atoms with Crippen molar-refractivity contribution in [2.45, 2.75) is 33.5 Å². The van der Waals surface area contributed by atoms with Crippen molar-refractivity contribution >= 4 is 11.5 Å². The second kappa shape index (κ2) is 7.19. The van der Waals surface area contributed by atoms with Gasteiger partial charge in [-0.15, -0.1) is 0 Å². The number of ether oxygens (including phenoxy) is 1. The number of hydrogen-bond donors (Lipinski definition) is 0. The SMILES string of the molecule is CCn1c(C)cc(C(=O)COc2ccc([N+](=O)[O-])cc2C(F)(F)F)c1C. The third-order valence-electron chi connectivity index (χ3n) is 4.03. The summed E-state index contributed by atoms with van der Waals surface area (Å²) in [4.78, 5) is 22.1. The molecule has 0 aliphatic rings. The molecule has 2 aromatic rings. The summed E-state index contributed by atoms with van der Waals surface area (Å²) < 4.78 is 46.3. The summed E-state index contributed by atoms with van der Waals surface area (Å²) in [5, 5.41) is 10.7. The second-order valence-electron chi connectivity index (χ2n) is 5.68. The Morgan fingerprint density at radius 3 is 2.42 bits per heavy atom. The van der Waals surface area contributed by atoms with Crippen molar-refractivity contribution in [3.8, 4) is 5.75 Å². The lowest BCUT2D eigenvalue weighted by molar-refractivity contribution is -0.385. The van der Waals surface area contributed by atoms with Crippen molar-refractivity contribution < 1.29 is 27.6 Å². The molecule has 0 unspecified atom stereocenters. The van der Waals surface area contributed by atoms with Crippen LogP contribution in [-0.2, 0) is 12.7 Å². The van der Waals surface area contributed by atoms with Crippen molar-refractivity contribution in [3.63, 3.8) is 0 Å². The Kier molecular flexibility index (Phi) is 5.38. The van der Waals surface area contributed by atoms with Gasteiger partial charge in [-0.05, 0) is 32.9 Å². The summed E-state index contributed by atoms with van der Waals surface area (Å²) in [6, 6.07) is 3.80. The maximum absolute atomic E-state index is 13.1. The zero-order valence-corrected chi connectivity index (χ0v) is 14.4. The van der Waals surface area contributed by atoms with Gasteiger partial charge in [0, 0.05) is 35.6 Å². The van der Waals surface area contributed by atoms with Gasteiger partial charge in [0.05, 0.1) is 4.92 Å². The number of carbonyl (C=O) groups excluding carboxylic acids is 1. The van der Waals surface area contributed by atoms with Crippen LogP contribution in [-0.4, -0.2) is 21.9 Å². The molecule has 0 atom stereocenters. The van der Waals surface area contributed by atoms with Crippen LogP contribution in [0.25, 0.3) is 0 Å². The topological polar surface area (TPSA) is 74.4 Å². The van der Waals surface area contributed by atoms with Crippen LogP contribution in [0, 0.1) is 24.0 Å². The average Bonchev–Trinajstić information content (AvgIpc) is 2.85. The van der Waals surface area contributed by atoms with Crippen LogP contribution in [0.5, 0.6) is 5.75 Å². The van der Waals surface area contributed by atoms with E-state index in [2.05, 4.69) is 0 Å². The quantitative estimate of drug-likeness (QED) is 0.431. The van der Waals surface area contributed by atoms with Crippen molar-refractivity contribution in [1.29, 1.82) is 0 Å². The van der Waals surface area contributed by atoms with E-state index in [9.17, 15) is 28.1 Å². The summed E-state index contributed by atoms with van der Waals surface area (Å²) in [6.45, 7) is 5.54. The molecular formula is C17H17F3N2O4. The number of Topliss-reactive ketones (excluding diaryl/α,β-unsaturated/α-hetero) is 1. The summed E-state index contributed by atoms with van der Waals surface area (Å²) in [5.74, 6) is -1.09. The first-order chi connectivity index (χ1) is 12.1. The van der Waals surface area contributed by atoms with Gasteiger partial charge in [0.15, 0.2) is 6.61 Å². The molecule has 0 amide bonds. The number of alkyl halides is 3. The van der Waals surface area contributed by atoms with E-state index >= 15 is 0 Å². The zero-order valence-electron chi connectivity index (χ0n) is 14.4. The molecule has 140 valence electrons. The highest BCUT2D eigenvalue weighted by atomic mass is 19.4. The van der Waals surface area contributed by atoms with E-state index in [4.69, 9.17) is 4.74 Å². The number of hydrogen-bond acceptors (Lipinski definition) is 4. The normalized spacial score (nSPS) is 11.5. The van der Waals surface area contributed by atoms with E-state index in [1.165, 1.54) is 0 Å². The summed E-state index contributed by atoms with van der Waals surface area (Å²) in [5.41, 5.74) is -0.0566. The van der Waals surface area contributed by atoms with E-state index < -0.39 is 40.5 Å². The van der Waals surface area contributed by atoms with Gasteiger partial charge in [0.2, 0.25) is 5.78 Å². The Bertz CT molecular complexity index is 856. The van der Waals surface area contributed by atoms with E-state index in [0.29, 0.717) is 23.9 Å². The Balaban J connectivity index is 2.26. The van der Waals surface area contributed by atoms with Gasteiger partial charge >= 0.3 is 6.18 Å². The minimum absolute atomic E-state index is 0.375. The van der Waals surface area contributed by atoms with Gasteiger partial charge in [-0.3, -0.25) is 14.9 Å². The number of carbonyl (C=O) groups is 1. The Hall–Kier alpha value is -2.84. The van der Waals surface area contributed by atoms with Crippen molar-refractivity contribution in [2.24, 2.45) is 0 Å². The molecule has 0 bridgehead atoms. The fourth-order valence-corrected chi connectivity index (χ4v) is 2.77. The summed E-state index contributed by atoms with van der Waals surface area (Å²) in [6.07, 6.45) is -4.84. The number of nitro benzene ring substituents is 1. The van der Waals surface area contributed by atoms with Gasteiger partial charge in [0.25, 0.3) is 5.69 Å².